The van der Waals surface area contributed by atoms with Gasteiger partial charge < -0.3 is 9.84 Å². The van der Waals surface area contributed by atoms with Crippen molar-refractivity contribution in [1.82, 2.24) is 4.90 Å². The zero-order valence-electron chi connectivity index (χ0n) is 17.2. The maximum Gasteiger partial charge on any atom is 0.411 e. The van der Waals surface area contributed by atoms with Gasteiger partial charge in [-0.05, 0) is 54.9 Å². The van der Waals surface area contributed by atoms with E-state index in [4.69, 9.17) is 4.74 Å². The van der Waals surface area contributed by atoms with Gasteiger partial charge in [0, 0.05) is 12.0 Å². The molecule has 2 aromatic carbocycles. The average molecular weight is 405 g/mol. The second kappa shape index (κ2) is 7.98. The van der Waals surface area contributed by atoms with Crippen molar-refractivity contribution in [3.05, 3.63) is 72.3 Å². The topological polar surface area (TPSA) is 66.8 Å². The maximum atomic E-state index is 13.1. The lowest BCUT2D eigenvalue weighted by atomic mass is 9.93. The van der Waals surface area contributed by atoms with E-state index in [0.717, 1.165) is 35.1 Å². The van der Waals surface area contributed by atoms with Gasteiger partial charge in [-0.25, -0.2) is 9.59 Å². The van der Waals surface area contributed by atoms with Gasteiger partial charge in [-0.3, -0.25) is 4.90 Å². The highest BCUT2D eigenvalue weighted by molar-refractivity contribution is 5.85. The molecule has 1 fully saturated rings. The lowest BCUT2D eigenvalue weighted by Gasteiger charge is -2.37. The molecule has 1 atom stereocenters. The molecular weight excluding hydrogens is 378 g/mol. The van der Waals surface area contributed by atoms with Crippen LogP contribution >= 0.6 is 0 Å². The molecule has 5 heteroatoms. The number of benzene rings is 2. The quantitative estimate of drug-likeness (QED) is 0.612. The van der Waals surface area contributed by atoms with Crippen molar-refractivity contribution in [3.63, 3.8) is 0 Å². The molecule has 30 heavy (non-hydrogen) atoms. The Morgan fingerprint density at radius 1 is 1.13 bits per heavy atom. The third-order valence-electron chi connectivity index (χ3n) is 6.27. The SMILES string of the molecule is C=CCCC(C)(C(=O)O)N(C(=O)OCC1c2ccccc2-c2ccccc21)C1CC1. The van der Waals surface area contributed by atoms with E-state index < -0.39 is 17.6 Å². The van der Waals surface area contributed by atoms with E-state index in [1.165, 1.54) is 4.90 Å². The van der Waals surface area contributed by atoms with Crippen molar-refractivity contribution in [2.75, 3.05) is 6.61 Å². The molecule has 0 bridgehead atoms. The summed E-state index contributed by atoms with van der Waals surface area (Å²) in [7, 11) is 0. The van der Waals surface area contributed by atoms with Crippen LogP contribution in [0.2, 0.25) is 0 Å². The Bertz CT molecular complexity index is 935. The highest BCUT2D eigenvalue weighted by Crippen LogP contribution is 2.45. The first kappa shape index (κ1) is 20.2. The number of carboxylic acids is 1. The zero-order chi connectivity index (χ0) is 21.3. The van der Waals surface area contributed by atoms with Crippen LogP contribution < -0.4 is 0 Å². The standard InChI is InChI=1S/C25H27NO4/c1-3-4-15-25(2,23(27)28)26(17-13-14-17)24(29)30-16-22-20-11-7-5-9-18(20)19-10-6-8-12-21(19)22/h3,5-12,17,22H,1,4,13-16H2,2H3,(H,27,28). The Hall–Kier alpha value is -3.08. The molecular formula is C25H27NO4. The third-order valence-corrected chi connectivity index (χ3v) is 6.27. The Morgan fingerprint density at radius 2 is 1.70 bits per heavy atom. The van der Waals surface area contributed by atoms with Gasteiger partial charge in [-0.15, -0.1) is 6.58 Å². The molecule has 0 aliphatic heterocycles. The highest BCUT2D eigenvalue weighted by atomic mass is 16.6. The van der Waals surface area contributed by atoms with Gasteiger partial charge >= 0.3 is 12.1 Å². The van der Waals surface area contributed by atoms with Gasteiger partial charge in [0.05, 0.1) is 0 Å². The van der Waals surface area contributed by atoms with Crippen LogP contribution in [0.3, 0.4) is 0 Å². The minimum atomic E-state index is -1.31. The highest BCUT2D eigenvalue weighted by Gasteiger charge is 2.49. The van der Waals surface area contributed by atoms with E-state index in [2.05, 4.69) is 30.8 Å². The number of carbonyl (C=O) groups excluding carboxylic acids is 1. The van der Waals surface area contributed by atoms with Crippen LogP contribution in [0.5, 0.6) is 0 Å². The summed E-state index contributed by atoms with van der Waals surface area (Å²) in [5.74, 6) is -1.06. The van der Waals surface area contributed by atoms with Crippen LogP contribution in [0.15, 0.2) is 61.2 Å². The minimum absolute atomic E-state index is 0.0494. The molecule has 5 nitrogen and oxygen atoms in total. The smallest absolute Gasteiger partial charge is 0.411 e. The number of ether oxygens (including phenoxy) is 1. The number of fused-ring (bicyclic) bond motifs is 3. The molecule has 2 aliphatic rings. The summed E-state index contributed by atoms with van der Waals surface area (Å²) in [5.41, 5.74) is 3.29. The van der Waals surface area contributed by atoms with Crippen molar-refractivity contribution in [3.8, 4) is 11.1 Å². The maximum absolute atomic E-state index is 13.1. The number of nitrogens with zero attached hydrogens (tertiary/aromatic N) is 1. The van der Waals surface area contributed by atoms with Crippen molar-refractivity contribution in [1.29, 1.82) is 0 Å². The largest absolute Gasteiger partial charge is 0.480 e. The molecule has 1 saturated carbocycles. The van der Waals surface area contributed by atoms with E-state index >= 15 is 0 Å². The van der Waals surface area contributed by atoms with E-state index in [1.807, 2.05) is 24.3 Å². The van der Waals surface area contributed by atoms with Crippen LogP contribution in [0.4, 0.5) is 4.79 Å². The number of amides is 1. The molecule has 0 heterocycles. The predicted octanol–water partition coefficient (Wildman–Crippen LogP) is 5.21. The second-order valence-corrected chi connectivity index (χ2v) is 8.31. The first-order chi connectivity index (χ1) is 14.5. The first-order valence-electron chi connectivity index (χ1n) is 10.5. The van der Waals surface area contributed by atoms with Gasteiger partial charge in [0.25, 0.3) is 0 Å². The van der Waals surface area contributed by atoms with Crippen LogP contribution in [0, 0.1) is 0 Å². The predicted molar refractivity (Wildman–Crippen MR) is 115 cm³/mol. The van der Waals surface area contributed by atoms with E-state index in [9.17, 15) is 14.7 Å². The minimum Gasteiger partial charge on any atom is -0.480 e. The number of hydrogen-bond acceptors (Lipinski definition) is 3. The van der Waals surface area contributed by atoms with Gasteiger partial charge in [0.15, 0.2) is 0 Å². The second-order valence-electron chi connectivity index (χ2n) is 8.31. The van der Waals surface area contributed by atoms with Gasteiger partial charge in [-0.1, -0.05) is 54.6 Å². The molecule has 0 radical (unpaired) electrons. The molecule has 0 spiro atoms. The fourth-order valence-electron chi connectivity index (χ4n) is 4.46. The number of carbonyl (C=O) groups is 2. The summed E-state index contributed by atoms with van der Waals surface area (Å²) >= 11 is 0. The molecule has 1 unspecified atom stereocenters. The average Bonchev–Trinajstić information content (AvgIpc) is 3.52. The molecule has 156 valence electrons. The molecule has 0 aromatic heterocycles. The van der Waals surface area contributed by atoms with E-state index in [1.54, 1.807) is 13.0 Å². The summed E-state index contributed by atoms with van der Waals surface area (Å²) in [6.45, 7) is 5.49. The summed E-state index contributed by atoms with van der Waals surface area (Å²) in [6, 6.07) is 16.2. The molecule has 1 amide bonds. The number of carboxylic acid groups (broad SMARTS) is 1. The first-order valence-corrected chi connectivity index (χ1v) is 10.5. The molecule has 4 rings (SSSR count). The van der Waals surface area contributed by atoms with Gasteiger partial charge in [0.1, 0.15) is 12.1 Å². The third kappa shape index (κ3) is 3.49. The molecule has 0 saturated heterocycles. The van der Waals surface area contributed by atoms with Crippen LogP contribution in [-0.4, -0.2) is 40.3 Å². The Labute approximate surface area is 177 Å². The normalized spacial score (nSPS) is 16.8. The summed E-state index contributed by atoms with van der Waals surface area (Å²) in [5, 5.41) is 9.91. The van der Waals surface area contributed by atoms with Crippen LogP contribution in [0.25, 0.3) is 11.1 Å². The van der Waals surface area contributed by atoms with Crippen LogP contribution in [-0.2, 0) is 9.53 Å². The number of rotatable bonds is 8. The van der Waals surface area contributed by atoms with Crippen molar-refractivity contribution in [2.24, 2.45) is 0 Å². The molecule has 2 aliphatic carbocycles. The Morgan fingerprint density at radius 3 is 2.20 bits per heavy atom. The Kier molecular flexibility index (Phi) is 5.37. The lowest BCUT2D eigenvalue weighted by Crippen LogP contribution is -2.56. The zero-order valence-corrected chi connectivity index (χ0v) is 17.2. The lowest BCUT2D eigenvalue weighted by molar-refractivity contribution is -0.150. The van der Waals surface area contributed by atoms with Crippen molar-refractivity contribution >= 4 is 12.1 Å². The number of allylic oxidation sites excluding steroid dienone is 1. The summed E-state index contributed by atoms with van der Waals surface area (Å²) < 4.78 is 5.78. The van der Waals surface area contributed by atoms with Crippen molar-refractivity contribution in [2.45, 2.75) is 50.1 Å². The fourth-order valence-corrected chi connectivity index (χ4v) is 4.46. The van der Waals surface area contributed by atoms with Crippen molar-refractivity contribution < 1.29 is 19.4 Å². The van der Waals surface area contributed by atoms with E-state index in [-0.39, 0.29) is 18.6 Å². The molecule has 1 N–H and O–H groups in total. The molecule has 2 aromatic rings. The van der Waals surface area contributed by atoms with Gasteiger partial charge in [-0.2, -0.15) is 0 Å². The van der Waals surface area contributed by atoms with Gasteiger partial charge in [0.2, 0.25) is 0 Å². The summed E-state index contributed by atoms with van der Waals surface area (Å²) in [4.78, 5) is 26.7. The van der Waals surface area contributed by atoms with E-state index in [0.29, 0.717) is 12.8 Å². The Balaban J connectivity index is 1.56. The van der Waals surface area contributed by atoms with Crippen LogP contribution in [0.1, 0.15) is 49.7 Å². The fraction of sp³-hybridized carbons (Fsp3) is 0.360. The monoisotopic (exact) mass is 405 g/mol. The summed E-state index contributed by atoms with van der Waals surface area (Å²) in [6.07, 6.45) is 3.58. The number of hydrogen-bond donors (Lipinski definition) is 1. The number of aliphatic carboxylic acids is 1.